The maximum absolute atomic E-state index is 10.0. The number of rotatable bonds is 1. The smallest absolute Gasteiger partial charge is 0.155 e. The van der Waals surface area contributed by atoms with Crippen LogP contribution in [0.4, 0.5) is 0 Å². The van der Waals surface area contributed by atoms with Crippen molar-refractivity contribution in [2.75, 3.05) is 0 Å². The van der Waals surface area contributed by atoms with Gasteiger partial charge in [-0.1, -0.05) is 60.7 Å². The number of hydrogen-bond acceptors (Lipinski definition) is 4. The second-order valence-electron chi connectivity index (χ2n) is 8.98. The van der Waals surface area contributed by atoms with Gasteiger partial charge in [0.1, 0.15) is 11.2 Å². The number of aromatic nitrogens is 1. The molecule has 1 aliphatic rings. The van der Waals surface area contributed by atoms with Crippen LogP contribution in [0.3, 0.4) is 0 Å². The van der Waals surface area contributed by atoms with Gasteiger partial charge in [0.15, 0.2) is 5.78 Å². The molecule has 0 spiro atoms. The number of fused-ring (bicyclic) bond motifs is 3. The maximum atomic E-state index is 10.0. The first kappa shape index (κ1) is 23.9. The van der Waals surface area contributed by atoms with E-state index in [0.29, 0.717) is 0 Å². The summed E-state index contributed by atoms with van der Waals surface area (Å²) in [6.45, 7) is 7.42. The van der Waals surface area contributed by atoms with Gasteiger partial charge in [0.2, 0.25) is 0 Å². The molecule has 4 nitrogen and oxygen atoms in total. The molecular weight excluding hydrogens is 603 g/mol. The Morgan fingerprint density at radius 3 is 2.44 bits per heavy atom. The molecule has 34 heavy (non-hydrogen) atoms. The number of hydrogen-bond donors (Lipinski definition) is 1. The SMILES string of the molecule is CC(=O)/C=C(/C)O.CC1(C)c2cc3ccccc3[c-]c2-c2nccc3oc4cccc1c4c23.[Ir]. The molecule has 0 aliphatic heterocycles. The fourth-order valence-corrected chi connectivity index (χ4v) is 4.76. The predicted octanol–water partition coefficient (Wildman–Crippen LogP) is 7.28. The molecule has 2 heterocycles. The van der Waals surface area contributed by atoms with Crippen LogP contribution in [0.2, 0.25) is 0 Å². The van der Waals surface area contributed by atoms with Gasteiger partial charge in [0, 0.05) is 48.8 Å². The van der Waals surface area contributed by atoms with Crippen LogP contribution in [-0.2, 0) is 30.3 Å². The van der Waals surface area contributed by atoms with E-state index in [-0.39, 0.29) is 37.1 Å². The van der Waals surface area contributed by atoms with E-state index in [1.54, 1.807) is 0 Å². The van der Waals surface area contributed by atoms with Crippen molar-refractivity contribution in [1.29, 1.82) is 0 Å². The summed E-state index contributed by atoms with van der Waals surface area (Å²) in [5.41, 5.74) is 6.25. The molecule has 0 atom stereocenters. The van der Waals surface area contributed by atoms with Crippen LogP contribution < -0.4 is 0 Å². The standard InChI is InChI=1S/C24H16NO.C5H8O2.Ir/c1-24(2)17-8-5-9-19-21(17)22-20(26-19)10-11-25-23(22)16-12-14-6-3-4-7-15(14)13-18(16)24;1-4(6)3-5(2)7;/h3-11,13H,1-2H3;3,6H,1-2H3;/q-1;;/b;4-3-;. The molecule has 0 unspecified atom stereocenters. The number of benzene rings is 3. The van der Waals surface area contributed by atoms with E-state index < -0.39 is 0 Å². The average molecular weight is 627 g/mol. The van der Waals surface area contributed by atoms with E-state index in [9.17, 15) is 4.79 Å². The number of carbonyl (C=O) groups is 1. The maximum Gasteiger partial charge on any atom is 0.155 e. The third-order valence-electron chi connectivity index (χ3n) is 6.19. The van der Waals surface area contributed by atoms with Crippen molar-refractivity contribution in [3.05, 3.63) is 89.8 Å². The van der Waals surface area contributed by atoms with Crippen molar-refractivity contribution in [2.45, 2.75) is 33.1 Å². The van der Waals surface area contributed by atoms with Crippen LogP contribution in [0.5, 0.6) is 0 Å². The van der Waals surface area contributed by atoms with Gasteiger partial charge in [-0.25, -0.2) is 0 Å². The van der Waals surface area contributed by atoms with E-state index in [0.717, 1.165) is 33.2 Å². The number of carbonyl (C=O) groups excluding carboxylic acids is 1. The largest absolute Gasteiger partial charge is 0.512 e. The van der Waals surface area contributed by atoms with Crippen LogP contribution in [0.15, 0.2) is 77.0 Å². The molecule has 3 aromatic carbocycles. The summed E-state index contributed by atoms with van der Waals surface area (Å²) in [7, 11) is 0. The molecule has 0 bridgehead atoms. The molecule has 6 rings (SSSR count). The number of ketones is 1. The molecule has 1 N–H and O–H groups in total. The monoisotopic (exact) mass is 627 g/mol. The fourth-order valence-electron chi connectivity index (χ4n) is 4.76. The van der Waals surface area contributed by atoms with Gasteiger partial charge in [-0.2, -0.15) is 0 Å². The van der Waals surface area contributed by atoms with Crippen LogP contribution in [-0.4, -0.2) is 15.9 Å². The van der Waals surface area contributed by atoms with Gasteiger partial charge in [-0.15, -0.1) is 23.6 Å². The summed E-state index contributed by atoms with van der Waals surface area (Å²) in [5, 5.41) is 13.0. The van der Waals surface area contributed by atoms with Crippen molar-refractivity contribution in [3.63, 3.8) is 0 Å². The second kappa shape index (κ2) is 8.83. The number of aliphatic hydroxyl groups excluding tert-OH is 1. The van der Waals surface area contributed by atoms with Crippen LogP contribution in [0.1, 0.15) is 38.8 Å². The summed E-state index contributed by atoms with van der Waals surface area (Å²) in [6.07, 6.45) is 3.00. The Labute approximate surface area is 211 Å². The van der Waals surface area contributed by atoms with Crippen LogP contribution in [0, 0.1) is 6.07 Å². The minimum absolute atomic E-state index is 0. The topological polar surface area (TPSA) is 63.3 Å². The Morgan fingerprint density at radius 2 is 1.74 bits per heavy atom. The number of aliphatic hydroxyl groups is 1. The second-order valence-corrected chi connectivity index (χ2v) is 8.98. The third kappa shape index (κ3) is 3.85. The summed E-state index contributed by atoms with van der Waals surface area (Å²) in [6, 6.07) is 22.7. The summed E-state index contributed by atoms with van der Waals surface area (Å²) in [5.74, 6) is -0.0625. The van der Waals surface area contributed by atoms with Gasteiger partial charge in [-0.05, 0) is 37.0 Å². The van der Waals surface area contributed by atoms with Gasteiger partial charge in [0.25, 0.3) is 0 Å². The zero-order chi connectivity index (χ0) is 23.3. The van der Waals surface area contributed by atoms with Crippen LogP contribution >= 0.6 is 0 Å². The van der Waals surface area contributed by atoms with Gasteiger partial charge in [0.05, 0.1) is 5.76 Å². The summed E-state index contributed by atoms with van der Waals surface area (Å²) < 4.78 is 6.15. The molecule has 0 saturated carbocycles. The molecule has 1 aliphatic carbocycles. The van der Waals surface area contributed by atoms with Crippen molar-refractivity contribution in [3.8, 4) is 11.3 Å². The van der Waals surface area contributed by atoms with Crippen molar-refractivity contribution in [1.82, 2.24) is 4.98 Å². The van der Waals surface area contributed by atoms with Crippen molar-refractivity contribution < 1.29 is 34.4 Å². The normalized spacial score (nSPS) is 13.7. The zero-order valence-corrected chi connectivity index (χ0v) is 21.8. The number of pyridine rings is 1. The predicted molar refractivity (Wildman–Crippen MR) is 132 cm³/mol. The molecule has 0 amide bonds. The molecule has 2 aromatic heterocycles. The first-order chi connectivity index (χ1) is 15.8. The average Bonchev–Trinajstić information content (AvgIpc) is 3.13. The van der Waals surface area contributed by atoms with E-state index in [1.165, 1.54) is 41.8 Å². The van der Waals surface area contributed by atoms with Gasteiger partial charge >= 0.3 is 0 Å². The molecule has 173 valence electrons. The first-order valence-corrected chi connectivity index (χ1v) is 10.9. The summed E-state index contributed by atoms with van der Waals surface area (Å²) in [4.78, 5) is 14.8. The Kier molecular flexibility index (Phi) is 6.20. The van der Waals surface area contributed by atoms with E-state index in [1.807, 2.05) is 12.3 Å². The van der Waals surface area contributed by atoms with E-state index in [2.05, 4.69) is 68.4 Å². The Bertz CT molecular complexity index is 1590. The van der Waals surface area contributed by atoms with Crippen molar-refractivity contribution >= 4 is 38.5 Å². The van der Waals surface area contributed by atoms with Crippen LogP contribution in [0.25, 0.3) is 44.0 Å². The van der Waals surface area contributed by atoms with Gasteiger partial charge < -0.3 is 9.52 Å². The zero-order valence-electron chi connectivity index (χ0n) is 19.4. The number of furan rings is 1. The minimum atomic E-state index is -0.174. The molecule has 5 aromatic rings. The number of allylic oxidation sites excluding steroid dienone is 2. The molecule has 1 radical (unpaired) electrons. The molecule has 5 heteroatoms. The molecule has 0 fully saturated rings. The van der Waals surface area contributed by atoms with Gasteiger partial charge in [-0.3, -0.25) is 9.78 Å². The third-order valence-corrected chi connectivity index (χ3v) is 6.19. The Hall–Kier alpha value is -3.27. The quantitative estimate of drug-likeness (QED) is 0.121. The number of nitrogens with zero attached hydrogens (tertiary/aromatic N) is 1. The Morgan fingerprint density at radius 1 is 1.00 bits per heavy atom. The first-order valence-electron chi connectivity index (χ1n) is 10.9. The van der Waals surface area contributed by atoms with E-state index in [4.69, 9.17) is 14.5 Å². The summed E-state index contributed by atoms with van der Waals surface area (Å²) >= 11 is 0. The van der Waals surface area contributed by atoms with E-state index >= 15 is 0 Å². The van der Waals surface area contributed by atoms with Crippen molar-refractivity contribution in [2.24, 2.45) is 0 Å². The molecule has 0 saturated heterocycles. The molecular formula is C29H24IrNO3-. The Balaban J connectivity index is 0.000000303. The minimum Gasteiger partial charge on any atom is -0.512 e. The fraction of sp³-hybridized carbons (Fsp3) is 0.172.